The van der Waals surface area contributed by atoms with Gasteiger partial charge in [-0.1, -0.05) is 0 Å². The molecular formula is C12H18N6S2. The lowest BCUT2D eigenvalue weighted by Crippen LogP contribution is -2.23. The Morgan fingerprint density at radius 1 is 1.35 bits per heavy atom. The molecule has 3 heterocycles. The number of fused-ring (bicyclic) bond motifs is 1. The van der Waals surface area contributed by atoms with Gasteiger partial charge in [-0.05, 0) is 6.92 Å². The summed E-state index contributed by atoms with van der Waals surface area (Å²) < 4.78 is 0. The van der Waals surface area contributed by atoms with Crippen LogP contribution < -0.4 is 10.6 Å². The van der Waals surface area contributed by atoms with Crippen molar-refractivity contribution in [3.8, 4) is 0 Å². The van der Waals surface area contributed by atoms with Crippen LogP contribution in [0.2, 0.25) is 0 Å². The molecule has 108 valence electrons. The number of nitrogens with one attached hydrogen (secondary N) is 3. The van der Waals surface area contributed by atoms with Crippen LogP contribution in [-0.4, -0.2) is 55.5 Å². The first kappa shape index (κ1) is 13.8. The van der Waals surface area contributed by atoms with Crippen LogP contribution in [0.25, 0.3) is 11.2 Å². The molecule has 1 fully saturated rings. The lowest BCUT2D eigenvalue weighted by molar-refractivity contribution is 0.989. The van der Waals surface area contributed by atoms with E-state index in [4.69, 9.17) is 0 Å². The SMILES string of the molecule is CCNc1nc(NCC2CSCCS2)c2[nH]cnc2n1. The van der Waals surface area contributed by atoms with E-state index in [1.165, 1.54) is 17.3 Å². The van der Waals surface area contributed by atoms with Gasteiger partial charge in [-0.25, -0.2) is 4.98 Å². The molecule has 0 radical (unpaired) electrons. The van der Waals surface area contributed by atoms with Crippen molar-refractivity contribution < 1.29 is 0 Å². The summed E-state index contributed by atoms with van der Waals surface area (Å²) in [7, 11) is 0. The number of H-pyrrole nitrogens is 1. The van der Waals surface area contributed by atoms with Crippen LogP contribution in [0.4, 0.5) is 11.8 Å². The standard InChI is InChI=1S/C12H18N6S2/c1-2-13-12-17-10(9-11(18-12)16-7-15-9)14-5-8-6-19-3-4-20-8/h7-8H,2-6H2,1H3,(H3,13,14,15,16,17,18). The van der Waals surface area contributed by atoms with Crippen molar-refractivity contribution in [2.24, 2.45) is 0 Å². The lowest BCUT2D eigenvalue weighted by Gasteiger charge is -2.21. The van der Waals surface area contributed by atoms with E-state index in [0.717, 1.165) is 24.4 Å². The zero-order chi connectivity index (χ0) is 13.8. The third kappa shape index (κ3) is 3.12. The minimum Gasteiger partial charge on any atom is -0.367 e. The molecule has 0 amide bonds. The monoisotopic (exact) mass is 310 g/mol. The fraction of sp³-hybridized carbons (Fsp3) is 0.583. The van der Waals surface area contributed by atoms with Gasteiger partial charge in [0, 0.05) is 35.6 Å². The molecule has 3 N–H and O–H groups in total. The summed E-state index contributed by atoms with van der Waals surface area (Å²) in [6.07, 6.45) is 1.66. The van der Waals surface area contributed by atoms with Crippen molar-refractivity contribution in [1.82, 2.24) is 19.9 Å². The topological polar surface area (TPSA) is 78.5 Å². The fourth-order valence-corrected chi connectivity index (χ4v) is 4.68. The molecule has 8 heteroatoms. The van der Waals surface area contributed by atoms with Gasteiger partial charge in [-0.15, -0.1) is 0 Å². The molecule has 0 aliphatic carbocycles. The molecule has 1 aliphatic heterocycles. The van der Waals surface area contributed by atoms with Gasteiger partial charge in [0.25, 0.3) is 0 Å². The number of imidazole rings is 1. The third-order valence-electron chi connectivity index (χ3n) is 3.00. The van der Waals surface area contributed by atoms with Crippen LogP contribution in [0, 0.1) is 0 Å². The highest BCUT2D eigenvalue weighted by Crippen LogP contribution is 2.25. The summed E-state index contributed by atoms with van der Waals surface area (Å²) in [6, 6.07) is 0. The summed E-state index contributed by atoms with van der Waals surface area (Å²) in [4.78, 5) is 16.2. The van der Waals surface area contributed by atoms with E-state index in [2.05, 4.69) is 30.6 Å². The van der Waals surface area contributed by atoms with Crippen molar-refractivity contribution in [3.05, 3.63) is 6.33 Å². The van der Waals surface area contributed by atoms with Crippen LogP contribution in [0.15, 0.2) is 6.33 Å². The number of rotatable bonds is 5. The maximum absolute atomic E-state index is 4.53. The van der Waals surface area contributed by atoms with Gasteiger partial charge in [-0.3, -0.25) is 0 Å². The molecule has 1 unspecified atom stereocenters. The van der Waals surface area contributed by atoms with Crippen molar-refractivity contribution in [3.63, 3.8) is 0 Å². The van der Waals surface area contributed by atoms with E-state index in [1.807, 2.05) is 30.4 Å². The summed E-state index contributed by atoms with van der Waals surface area (Å²) in [5.74, 6) is 5.17. The molecule has 6 nitrogen and oxygen atoms in total. The summed E-state index contributed by atoms with van der Waals surface area (Å²) in [6.45, 7) is 3.75. The highest BCUT2D eigenvalue weighted by Gasteiger charge is 2.16. The first-order valence-electron chi connectivity index (χ1n) is 6.75. The van der Waals surface area contributed by atoms with Gasteiger partial charge in [0.05, 0.1) is 6.33 Å². The van der Waals surface area contributed by atoms with Crippen LogP contribution >= 0.6 is 23.5 Å². The Morgan fingerprint density at radius 2 is 2.30 bits per heavy atom. The smallest absolute Gasteiger partial charge is 0.226 e. The van der Waals surface area contributed by atoms with Gasteiger partial charge in [-0.2, -0.15) is 33.5 Å². The van der Waals surface area contributed by atoms with E-state index in [0.29, 0.717) is 16.8 Å². The second-order valence-corrected chi connectivity index (χ2v) is 7.03. The van der Waals surface area contributed by atoms with Crippen molar-refractivity contribution >= 4 is 46.5 Å². The number of aromatic amines is 1. The van der Waals surface area contributed by atoms with Crippen molar-refractivity contribution in [2.45, 2.75) is 12.2 Å². The number of thioether (sulfide) groups is 2. The van der Waals surface area contributed by atoms with Gasteiger partial charge in [0.15, 0.2) is 11.5 Å². The van der Waals surface area contributed by atoms with E-state index < -0.39 is 0 Å². The first-order chi connectivity index (χ1) is 9.86. The lowest BCUT2D eigenvalue weighted by atomic mass is 10.4. The highest BCUT2D eigenvalue weighted by molar-refractivity contribution is 8.06. The van der Waals surface area contributed by atoms with Gasteiger partial charge in [0.2, 0.25) is 5.95 Å². The van der Waals surface area contributed by atoms with E-state index in [9.17, 15) is 0 Å². The minimum absolute atomic E-state index is 0.625. The summed E-state index contributed by atoms with van der Waals surface area (Å²) >= 11 is 4.06. The molecule has 1 aliphatic rings. The molecule has 2 aromatic rings. The van der Waals surface area contributed by atoms with E-state index in [-0.39, 0.29) is 0 Å². The molecule has 20 heavy (non-hydrogen) atoms. The van der Waals surface area contributed by atoms with E-state index in [1.54, 1.807) is 6.33 Å². The minimum atomic E-state index is 0.625. The van der Waals surface area contributed by atoms with Gasteiger partial charge < -0.3 is 15.6 Å². The average molecular weight is 310 g/mol. The summed E-state index contributed by atoms with van der Waals surface area (Å²) in [5, 5.41) is 7.23. The first-order valence-corrected chi connectivity index (χ1v) is 8.95. The average Bonchev–Trinajstić information content (AvgIpc) is 2.95. The third-order valence-corrected chi connectivity index (χ3v) is 5.85. The highest BCUT2D eigenvalue weighted by atomic mass is 32.2. The number of hydrogen-bond acceptors (Lipinski definition) is 7. The zero-order valence-electron chi connectivity index (χ0n) is 11.3. The molecule has 1 atom stereocenters. The predicted molar refractivity (Wildman–Crippen MR) is 87.9 cm³/mol. The number of hydrogen-bond donors (Lipinski definition) is 3. The molecule has 1 saturated heterocycles. The zero-order valence-corrected chi connectivity index (χ0v) is 13.0. The van der Waals surface area contributed by atoms with Gasteiger partial charge >= 0.3 is 0 Å². The van der Waals surface area contributed by atoms with Crippen LogP contribution in [-0.2, 0) is 0 Å². The maximum Gasteiger partial charge on any atom is 0.226 e. The molecule has 3 rings (SSSR count). The Balaban J connectivity index is 1.76. The Kier molecular flexibility index (Phi) is 4.51. The number of anilines is 2. The van der Waals surface area contributed by atoms with E-state index >= 15 is 0 Å². The van der Waals surface area contributed by atoms with Crippen LogP contribution in [0.5, 0.6) is 0 Å². The Bertz CT molecular complexity index is 566. The fourth-order valence-electron chi connectivity index (χ4n) is 2.06. The number of nitrogens with zero attached hydrogens (tertiary/aromatic N) is 3. The summed E-state index contributed by atoms with van der Waals surface area (Å²) in [5.41, 5.74) is 1.57. The molecule has 0 saturated carbocycles. The maximum atomic E-state index is 4.53. The van der Waals surface area contributed by atoms with Crippen LogP contribution in [0.1, 0.15) is 6.92 Å². The Hall–Kier alpha value is -1.15. The van der Waals surface area contributed by atoms with Gasteiger partial charge in [0.1, 0.15) is 5.52 Å². The molecule has 0 bridgehead atoms. The number of aromatic nitrogens is 4. The quantitative estimate of drug-likeness (QED) is 0.780. The van der Waals surface area contributed by atoms with Crippen LogP contribution in [0.3, 0.4) is 0 Å². The largest absolute Gasteiger partial charge is 0.367 e. The Labute approximate surface area is 126 Å². The Morgan fingerprint density at radius 3 is 3.10 bits per heavy atom. The predicted octanol–water partition coefficient (Wildman–Crippen LogP) is 2.05. The van der Waals surface area contributed by atoms with Crippen molar-refractivity contribution in [2.75, 3.05) is 41.0 Å². The molecule has 0 aromatic carbocycles. The second-order valence-electron chi connectivity index (χ2n) is 4.48. The van der Waals surface area contributed by atoms with Crippen molar-refractivity contribution in [1.29, 1.82) is 0 Å². The molecular weight excluding hydrogens is 292 g/mol. The second kappa shape index (κ2) is 6.53. The molecule has 0 spiro atoms. The molecule has 2 aromatic heterocycles. The normalized spacial score (nSPS) is 19.1.